The molecule has 0 atom stereocenters. The van der Waals surface area contributed by atoms with Gasteiger partial charge < -0.3 is 4.40 Å². The molecule has 0 bridgehead atoms. The Hall–Kier alpha value is -3.19. The standard InChI is InChI=1S/C21H18FN3O2S/c1-15-9-10-25-13-20(23-21(25)11-15)17-5-7-19(8-6-17)24-28(26,27)14-16-3-2-4-18(22)12-16/h2-13,24H,14H2,1H3. The Morgan fingerprint density at radius 1 is 1.07 bits per heavy atom. The normalized spacial score (nSPS) is 11.6. The summed E-state index contributed by atoms with van der Waals surface area (Å²) in [6, 6.07) is 16.6. The largest absolute Gasteiger partial charge is 0.306 e. The monoisotopic (exact) mass is 395 g/mol. The molecule has 5 nitrogen and oxygen atoms in total. The van der Waals surface area contributed by atoms with E-state index in [-0.39, 0.29) is 5.75 Å². The summed E-state index contributed by atoms with van der Waals surface area (Å²) in [6.07, 6.45) is 3.88. The van der Waals surface area contributed by atoms with E-state index >= 15 is 0 Å². The first-order chi connectivity index (χ1) is 13.4. The number of hydrogen-bond acceptors (Lipinski definition) is 3. The lowest BCUT2D eigenvalue weighted by Gasteiger charge is -2.08. The van der Waals surface area contributed by atoms with Crippen LogP contribution in [0.3, 0.4) is 0 Å². The first-order valence-electron chi connectivity index (χ1n) is 8.69. The molecular formula is C21H18FN3O2S. The maximum Gasteiger partial charge on any atom is 0.236 e. The van der Waals surface area contributed by atoms with Gasteiger partial charge in [-0.05, 0) is 54.4 Å². The van der Waals surface area contributed by atoms with Crippen LogP contribution in [0, 0.1) is 12.7 Å². The molecule has 0 saturated heterocycles. The van der Waals surface area contributed by atoms with E-state index in [1.807, 2.05) is 48.0 Å². The Balaban J connectivity index is 1.52. The lowest BCUT2D eigenvalue weighted by molar-refractivity contribution is 0.599. The number of hydrogen-bond donors (Lipinski definition) is 1. The molecule has 0 aliphatic heterocycles. The van der Waals surface area contributed by atoms with Crippen molar-refractivity contribution in [3.8, 4) is 11.3 Å². The molecule has 0 fully saturated rings. The first-order valence-corrected chi connectivity index (χ1v) is 10.3. The molecule has 4 aromatic rings. The van der Waals surface area contributed by atoms with Gasteiger partial charge in [-0.15, -0.1) is 0 Å². The Morgan fingerprint density at radius 3 is 2.61 bits per heavy atom. The zero-order valence-corrected chi connectivity index (χ0v) is 15.9. The molecule has 2 aromatic carbocycles. The van der Waals surface area contributed by atoms with E-state index in [1.54, 1.807) is 18.2 Å². The number of aryl methyl sites for hydroxylation is 1. The van der Waals surface area contributed by atoms with Crippen molar-refractivity contribution in [2.24, 2.45) is 0 Å². The van der Waals surface area contributed by atoms with Crippen molar-refractivity contribution in [1.29, 1.82) is 0 Å². The van der Waals surface area contributed by atoms with Crippen LogP contribution in [0.1, 0.15) is 11.1 Å². The minimum atomic E-state index is -3.64. The SMILES string of the molecule is Cc1ccn2cc(-c3ccc(NS(=O)(=O)Cc4cccc(F)c4)cc3)nc2c1. The third-order valence-corrected chi connectivity index (χ3v) is 5.58. The van der Waals surface area contributed by atoms with E-state index in [9.17, 15) is 12.8 Å². The average molecular weight is 395 g/mol. The highest BCUT2D eigenvalue weighted by atomic mass is 32.2. The molecule has 28 heavy (non-hydrogen) atoms. The second kappa shape index (κ2) is 7.09. The Kier molecular flexibility index (Phi) is 4.60. The van der Waals surface area contributed by atoms with Crippen LogP contribution < -0.4 is 4.72 Å². The van der Waals surface area contributed by atoms with Crippen LogP contribution in [-0.2, 0) is 15.8 Å². The summed E-state index contributed by atoms with van der Waals surface area (Å²) in [5.74, 6) is -0.752. The fourth-order valence-electron chi connectivity index (χ4n) is 2.99. The van der Waals surface area contributed by atoms with Gasteiger partial charge in [-0.25, -0.2) is 17.8 Å². The zero-order chi connectivity index (χ0) is 19.7. The average Bonchev–Trinajstić information content (AvgIpc) is 3.04. The summed E-state index contributed by atoms with van der Waals surface area (Å²) in [5, 5.41) is 0. The highest BCUT2D eigenvalue weighted by Gasteiger charge is 2.13. The van der Waals surface area contributed by atoms with Gasteiger partial charge in [0.25, 0.3) is 0 Å². The van der Waals surface area contributed by atoms with Crippen LogP contribution in [-0.4, -0.2) is 17.8 Å². The van der Waals surface area contributed by atoms with Crippen molar-refractivity contribution < 1.29 is 12.8 Å². The minimum Gasteiger partial charge on any atom is -0.306 e. The number of benzene rings is 2. The van der Waals surface area contributed by atoms with E-state index in [4.69, 9.17) is 0 Å². The number of halogens is 1. The maximum absolute atomic E-state index is 13.3. The first kappa shape index (κ1) is 18.2. The number of nitrogens with zero attached hydrogens (tertiary/aromatic N) is 2. The number of nitrogens with one attached hydrogen (secondary N) is 1. The van der Waals surface area contributed by atoms with Crippen LogP contribution in [0.2, 0.25) is 0 Å². The van der Waals surface area contributed by atoms with Crippen molar-refractivity contribution in [1.82, 2.24) is 9.38 Å². The van der Waals surface area contributed by atoms with E-state index in [0.29, 0.717) is 11.3 Å². The second-order valence-electron chi connectivity index (χ2n) is 6.66. The summed E-state index contributed by atoms with van der Waals surface area (Å²) < 4.78 is 42.4. The van der Waals surface area contributed by atoms with Gasteiger partial charge in [-0.2, -0.15) is 0 Å². The number of sulfonamides is 1. The van der Waals surface area contributed by atoms with Crippen molar-refractivity contribution >= 4 is 21.4 Å². The molecule has 4 rings (SSSR count). The summed E-state index contributed by atoms with van der Waals surface area (Å²) in [6.45, 7) is 2.01. The minimum absolute atomic E-state index is 0.293. The fourth-order valence-corrected chi connectivity index (χ4v) is 4.18. The van der Waals surface area contributed by atoms with Gasteiger partial charge in [0.2, 0.25) is 10.0 Å². The number of imidazole rings is 1. The van der Waals surface area contributed by atoms with E-state index in [1.165, 1.54) is 18.2 Å². The number of pyridine rings is 1. The van der Waals surface area contributed by atoms with E-state index < -0.39 is 15.8 Å². The van der Waals surface area contributed by atoms with Crippen LogP contribution >= 0.6 is 0 Å². The van der Waals surface area contributed by atoms with Gasteiger partial charge in [-0.3, -0.25) is 4.72 Å². The molecule has 142 valence electrons. The molecule has 0 spiro atoms. The molecule has 0 saturated carbocycles. The number of rotatable bonds is 5. The topological polar surface area (TPSA) is 63.5 Å². The Morgan fingerprint density at radius 2 is 1.86 bits per heavy atom. The highest BCUT2D eigenvalue weighted by Crippen LogP contribution is 2.22. The predicted molar refractivity (Wildman–Crippen MR) is 108 cm³/mol. The molecule has 0 aliphatic carbocycles. The molecule has 7 heteroatoms. The van der Waals surface area contributed by atoms with Crippen LogP contribution in [0.25, 0.3) is 16.9 Å². The van der Waals surface area contributed by atoms with Gasteiger partial charge in [0, 0.05) is 23.6 Å². The van der Waals surface area contributed by atoms with Gasteiger partial charge in [-0.1, -0.05) is 24.3 Å². The number of fused-ring (bicyclic) bond motifs is 1. The van der Waals surface area contributed by atoms with Crippen molar-refractivity contribution in [3.63, 3.8) is 0 Å². The van der Waals surface area contributed by atoms with Crippen molar-refractivity contribution in [2.75, 3.05) is 4.72 Å². The molecule has 0 amide bonds. The molecule has 2 aromatic heterocycles. The number of anilines is 1. The summed E-state index contributed by atoms with van der Waals surface area (Å²) in [7, 11) is -3.64. The molecular weight excluding hydrogens is 377 g/mol. The fraction of sp³-hybridized carbons (Fsp3) is 0.0952. The summed E-state index contributed by atoms with van der Waals surface area (Å²) in [5.41, 5.74) is 4.51. The molecule has 2 heterocycles. The van der Waals surface area contributed by atoms with Crippen LogP contribution in [0.4, 0.5) is 10.1 Å². The summed E-state index contributed by atoms with van der Waals surface area (Å²) >= 11 is 0. The second-order valence-corrected chi connectivity index (χ2v) is 8.39. The molecule has 1 N–H and O–H groups in total. The number of aromatic nitrogens is 2. The van der Waals surface area contributed by atoms with Gasteiger partial charge in [0.05, 0.1) is 11.4 Å². The zero-order valence-electron chi connectivity index (χ0n) is 15.1. The van der Waals surface area contributed by atoms with E-state index in [0.717, 1.165) is 22.5 Å². The molecule has 0 aliphatic rings. The summed E-state index contributed by atoms with van der Waals surface area (Å²) in [4.78, 5) is 4.60. The predicted octanol–water partition coefficient (Wildman–Crippen LogP) is 4.39. The molecule has 0 radical (unpaired) electrons. The quantitative estimate of drug-likeness (QED) is 0.545. The van der Waals surface area contributed by atoms with Gasteiger partial charge >= 0.3 is 0 Å². The molecule has 0 unspecified atom stereocenters. The van der Waals surface area contributed by atoms with Crippen molar-refractivity contribution in [3.05, 3.63) is 90.0 Å². The van der Waals surface area contributed by atoms with Crippen LogP contribution in [0.15, 0.2) is 73.1 Å². The van der Waals surface area contributed by atoms with Crippen molar-refractivity contribution in [2.45, 2.75) is 12.7 Å². The lowest BCUT2D eigenvalue weighted by atomic mass is 10.1. The third kappa shape index (κ3) is 4.04. The van der Waals surface area contributed by atoms with Gasteiger partial charge in [0.1, 0.15) is 11.5 Å². The third-order valence-electron chi connectivity index (χ3n) is 4.32. The van der Waals surface area contributed by atoms with E-state index in [2.05, 4.69) is 9.71 Å². The Labute approximate surface area is 162 Å². The highest BCUT2D eigenvalue weighted by molar-refractivity contribution is 7.91. The Bertz CT molecular complexity index is 1250. The lowest BCUT2D eigenvalue weighted by Crippen LogP contribution is -2.15. The van der Waals surface area contributed by atoms with Crippen LogP contribution in [0.5, 0.6) is 0 Å². The smallest absolute Gasteiger partial charge is 0.236 e. The van der Waals surface area contributed by atoms with Gasteiger partial charge in [0.15, 0.2) is 0 Å². The maximum atomic E-state index is 13.3.